The molecule has 0 aliphatic heterocycles. The Hall–Kier alpha value is -0.940. The summed E-state index contributed by atoms with van der Waals surface area (Å²) >= 11 is 0. The van der Waals surface area contributed by atoms with Crippen LogP contribution in [-0.2, 0) is 17.7 Å². The molecule has 1 heterocycles. The molecule has 0 spiro atoms. The second kappa shape index (κ2) is 8.21. The maximum atomic E-state index is 6.09. The van der Waals surface area contributed by atoms with E-state index in [1.807, 2.05) is 4.68 Å². The van der Waals surface area contributed by atoms with Crippen LogP contribution in [0.3, 0.4) is 0 Å². The maximum absolute atomic E-state index is 6.09. The number of nitrogens with zero attached hydrogens (tertiary/aromatic N) is 3. The molecule has 0 aliphatic carbocycles. The first-order chi connectivity index (χ1) is 8.63. The Morgan fingerprint density at radius 3 is 2.83 bits per heavy atom. The summed E-state index contributed by atoms with van der Waals surface area (Å²) in [5.41, 5.74) is 6.09. The van der Waals surface area contributed by atoms with Crippen molar-refractivity contribution in [1.29, 1.82) is 0 Å². The van der Waals surface area contributed by atoms with Crippen LogP contribution in [0.5, 0.6) is 0 Å². The molecule has 0 fully saturated rings. The van der Waals surface area contributed by atoms with Gasteiger partial charge in [0.05, 0.1) is 0 Å². The highest BCUT2D eigenvalue weighted by molar-refractivity contribution is 4.89. The number of rotatable bonds is 9. The van der Waals surface area contributed by atoms with E-state index in [1.54, 1.807) is 6.33 Å². The fourth-order valence-corrected chi connectivity index (χ4v) is 1.76. The van der Waals surface area contributed by atoms with Crippen LogP contribution in [0.1, 0.15) is 39.4 Å². The van der Waals surface area contributed by atoms with Gasteiger partial charge < -0.3 is 10.5 Å². The number of aromatic nitrogens is 3. The second-order valence-corrected chi connectivity index (χ2v) is 5.12. The van der Waals surface area contributed by atoms with Crippen LogP contribution in [-0.4, -0.2) is 34.0 Å². The van der Waals surface area contributed by atoms with Gasteiger partial charge in [0.15, 0.2) is 0 Å². The van der Waals surface area contributed by atoms with Crippen molar-refractivity contribution in [3.63, 3.8) is 0 Å². The predicted octanol–water partition coefficient (Wildman–Crippen LogP) is 1.62. The highest BCUT2D eigenvalue weighted by Crippen LogP contribution is 2.05. The third-order valence-electron chi connectivity index (χ3n) is 2.66. The molecule has 0 aliphatic rings. The van der Waals surface area contributed by atoms with Crippen LogP contribution in [0.25, 0.3) is 0 Å². The molecule has 1 aromatic rings. The molecule has 5 heteroatoms. The summed E-state index contributed by atoms with van der Waals surface area (Å²) in [6.45, 7) is 8.89. The van der Waals surface area contributed by atoms with Gasteiger partial charge in [-0.3, -0.25) is 0 Å². The molecule has 0 bridgehead atoms. The monoisotopic (exact) mass is 254 g/mol. The smallest absolute Gasteiger partial charge is 0.138 e. The van der Waals surface area contributed by atoms with Gasteiger partial charge in [0.2, 0.25) is 0 Å². The van der Waals surface area contributed by atoms with E-state index in [4.69, 9.17) is 10.5 Å². The lowest BCUT2D eigenvalue weighted by molar-refractivity contribution is 0.127. The average molecular weight is 254 g/mol. The quantitative estimate of drug-likeness (QED) is 0.680. The van der Waals surface area contributed by atoms with E-state index in [0.29, 0.717) is 5.92 Å². The lowest BCUT2D eigenvalue weighted by atomic mass is 10.1. The molecule has 0 saturated carbocycles. The molecule has 2 N–H and O–H groups in total. The summed E-state index contributed by atoms with van der Waals surface area (Å²) in [6.07, 6.45) is 4.30. The van der Waals surface area contributed by atoms with Crippen molar-refractivity contribution in [2.45, 2.75) is 52.6 Å². The van der Waals surface area contributed by atoms with Crippen molar-refractivity contribution >= 4 is 0 Å². The summed E-state index contributed by atoms with van der Waals surface area (Å²) in [7, 11) is 0. The number of hydrogen-bond acceptors (Lipinski definition) is 4. The van der Waals surface area contributed by atoms with Gasteiger partial charge >= 0.3 is 0 Å². The number of ether oxygens (including phenoxy) is 1. The minimum atomic E-state index is 0.0944. The molecule has 1 atom stereocenters. The largest absolute Gasteiger partial charge is 0.381 e. The van der Waals surface area contributed by atoms with E-state index in [1.165, 1.54) is 0 Å². The maximum Gasteiger partial charge on any atom is 0.138 e. The van der Waals surface area contributed by atoms with Gasteiger partial charge in [0.1, 0.15) is 12.2 Å². The summed E-state index contributed by atoms with van der Waals surface area (Å²) in [6, 6.07) is 0.0944. The van der Waals surface area contributed by atoms with Gasteiger partial charge in [-0.05, 0) is 18.8 Å². The van der Waals surface area contributed by atoms with E-state index < -0.39 is 0 Å². The molecule has 104 valence electrons. The zero-order chi connectivity index (χ0) is 13.4. The molecule has 1 rings (SSSR count). The number of nitrogens with two attached hydrogens (primary N) is 1. The molecule has 0 aromatic carbocycles. The molecule has 18 heavy (non-hydrogen) atoms. The Bertz CT molecular complexity index is 325. The van der Waals surface area contributed by atoms with Crippen LogP contribution < -0.4 is 5.73 Å². The van der Waals surface area contributed by atoms with E-state index in [9.17, 15) is 0 Å². The Balaban J connectivity index is 2.34. The zero-order valence-corrected chi connectivity index (χ0v) is 11.8. The highest BCUT2D eigenvalue weighted by atomic mass is 16.5. The first-order valence-corrected chi connectivity index (χ1v) is 6.83. The topological polar surface area (TPSA) is 66.0 Å². The van der Waals surface area contributed by atoms with Crippen LogP contribution in [0.15, 0.2) is 6.33 Å². The lowest BCUT2D eigenvalue weighted by Crippen LogP contribution is -2.27. The van der Waals surface area contributed by atoms with Crippen molar-refractivity contribution in [2.75, 3.05) is 13.2 Å². The van der Waals surface area contributed by atoms with Gasteiger partial charge in [0, 0.05) is 32.2 Å². The van der Waals surface area contributed by atoms with E-state index in [-0.39, 0.29) is 6.04 Å². The van der Waals surface area contributed by atoms with Crippen molar-refractivity contribution in [3.8, 4) is 0 Å². The summed E-state index contributed by atoms with van der Waals surface area (Å²) < 4.78 is 7.40. The van der Waals surface area contributed by atoms with E-state index in [2.05, 4.69) is 30.9 Å². The molecular weight excluding hydrogens is 228 g/mol. The lowest BCUT2D eigenvalue weighted by Gasteiger charge is -2.13. The minimum absolute atomic E-state index is 0.0944. The molecule has 1 aromatic heterocycles. The average Bonchev–Trinajstić information content (AvgIpc) is 2.71. The van der Waals surface area contributed by atoms with E-state index in [0.717, 1.165) is 44.8 Å². The van der Waals surface area contributed by atoms with Crippen molar-refractivity contribution in [1.82, 2.24) is 14.8 Å². The van der Waals surface area contributed by atoms with Gasteiger partial charge in [-0.2, -0.15) is 5.10 Å². The van der Waals surface area contributed by atoms with Crippen LogP contribution >= 0.6 is 0 Å². The zero-order valence-electron chi connectivity index (χ0n) is 11.8. The standard InChI is InChI=1S/C13H26N4O/c1-4-6-18-7-5-12(14)8-13-15-10-16-17(13)9-11(2)3/h10-12H,4-9,14H2,1-3H3. The SMILES string of the molecule is CCCOCCC(N)Cc1ncnn1CC(C)C. The summed E-state index contributed by atoms with van der Waals surface area (Å²) in [5.74, 6) is 1.54. The predicted molar refractivity (Wildman–Crippen MR) is 72.3 cm³/mol. The molecule has 5 nitrogen and oxygen atoms in total. The first kappa shape index (κ1) is 15.1. The second-order valence-electron chi connectivity index (χ2n) is 5.12. The van der Waals surface area contributed by atoms with Crippen molar-refractivity contribution < 1.29 is 4.74 Å². The minimum Gasteiger partial charge on any atom is -0.381 e. The van der Waals surface area contributed by atoms with Gasteiger partial charge in [-0.25, -0.2) is 9.67 Å². The number of hydrogen-bond donors (Lipinski definition) is 1. The van der Waals surface area contributed by atoms with E-state index >= 15 is 0 Å². The summed E-state index contributed by atoms with van der Waals surface area (Å²) in [5, 5.41) is 4.24. The fourth-order valence-electron chi connectivity index (χ4n) is 1.76. The summed E-state index contributed by atoms with van der Waals surface area (Å²) in [4.78, 5) is 4.28. The molecule has 0 radical (unpaired) electrons. The van der Waals surface area contributed by atoms with Crippen molar-refractivity contribution in [3.05, 3.63) is 12.2 Å². The fraction of sp³-hybridized carbons (Fsp3) is 0.846. The first-order valence-electron chi connectivity index (χ1n) is 6.83. The third-order valence-corrected chi connectivity index (χ3v) is 2.66. The van der Waals surface area contributed by atoms with Gasteiger partial charge in [0.25, 0.3) is 0 Å². The normalized spacial score (nSPS) is 13.2. The van der Waals surface area contributed by atoms with Crippen molar-refractivity contribution in [2.24, 2.45) is 11.7 Å². The molecule has 1 unspecified atom stereocenters. The van der Waals surface area contributed by atoms with Gasteiger partial charge in [-0.15, -0.1) is 0 Å². The Morgan fingerprint density at radius 2 is 2.17 bits per heavy atom. The Labute approximate surface area is 110 Å². The molecule has 0 amide bonds. The van der Waals surface area contributed by atoms with Crippen LogP contribution in [0.2, 0.25) is 0 Å². The molecular formula is C13H26N4O. The van der Waals surface area contributed by atoms with Crippen LogP contribution in [0, 0.1) is 5.92 Å². The highest BCUT2D eigenvalue weighted by Gasteiger charge is 2.11. The Kier molecular flexibility index (Phi) is 6.90. The Morgan fingerprint density at radius 1 is 1.39 bits per heavy atom. The third kappa shape index (κ3) is 5.60. The van der Waals surface area contributed by atoms with Gasteiger partial charge in [-0.1, -0.05) is 20.8 Å². The van der Waals surface area contributed by atoms with Crippen LogP contribution in [0.4, 0.5) is 0 Å². The molecule has 0 saturated heterocycles.